The SMILES string of the molecule is OC[C@H]1C[C@@H](Nc2nc(Nc3ccc(O)cc3)ncc2-c2nc3ccccc3s2)[C@H](O)[C@@H]1O. The number of aliphatic hydroxyl groups excluding tert-OH is 3. The first-order chi connectivity index (χ1) is 16.0. The number of phenols is 1. The summed E-state index contributed by atoms with van der Waals surface area (Å²) in [4.78, 5) is 13.8. The second kappa shape index (κ2) is 8.91. The number of hydrogen-bond acceptors (Lipinski definition) is 10. The maximum absolute atomic E-state index is 10.5. The lowest BCUT2D eigenvalue weighted by Crippen LogP contribution is -2.35. The van der Waals surface area contributed by atoms with Gasteiger partial charge in [0.1, 0.15) is 22.7 Å². The zero-order chi connectivity index (χ0) is 22.9. The number of thiazole rings is 1. The largest absolute Gasteiger partial charge is 0.508 e. The van der Waals surface area contributed by atoms with E-state index in [9.17, 15) is 20.4 Å². The van der Waals surface area contributed by atoms with E-state index in [2.05, 4.69) is 20.6 Å². The van der Waals surface area contributed by atoms with Gasteiger partial charge in [-0.2, -0.15) is 4.98 Å². The minimum absolute atomic E-state index is 0.155. The molecular weight excluding hydrogens is 442 g/mol. The van der Waals surface area contributed by atoms with E-state index in [4.69, 9.17) is 4.98 Å². The molecule has 33 heavy (non-hydrogen) atoms. The van der Waals surface area contributed by atoms with Crippen LogP contribution in [0.5, 0.6) is 5.75 Å². The molecule has 6 N–H and O–H groups in total. The Morgan fingerprint density at radius 3 is 2.52 bits per heavy atom. The number of nitrogens with zero attached hydrogens (tertiary/aromatic N) is 3. The second-order valence-corrected chi connectivity index (χ2v) is 9.06. The van der Waals surface area contributed by atoms with Gasteiger partial charge >= 0.3 is 0 Å². The molecule has 1 saturated carbocycles. The molecule has 0 radical (unpaired) electrons. The van der Waals surface area contributed by atoms with E-state index < -0.39 is 24.2 Å². The van der Waals surface area contributed by atoms with Crippen molar-refractivity contribution in [2.45, 2.75) is 24.7 Å². The second-order valence-electron chi connectivity index (χ2n) is 8.02. The van der Waals surface area contributed by atoms with E-state index >= 15 is 0 Å². The number of phenolic OH excluding ortho intramolecular Hbond substituents is 1. The van der Waals surface area contributed by atoms with Crippen LogP contribution < -0.4 is 10.6 Å². The van der Waals surface area contributed by atoms with E-state index in [1.165, 1.54) is 11.3 Å². The summed E-state index contributed by atoms with van der Waals surface area (Å²) in [5, 5.41) is 46.8. The Morgan fingerprint density at radius 2 is 1.79 bits per heavy atom. The van der Waals surface area contributed by atoms with Gasteiger partial charge in [-0.1, -0.05) is 12.1 Å². The number of aliphatic hydroxyl groups is 3. The number of benzene rings is 2. The van der Waals surface area contributed by atoms with Crippen molar-refractivity contribution < 1.29 is 20.4 Å². The predicted molar refractivity (Wildman–Crippen MR) is 127 cm³/mol. The number of aromatic hydroxyl groups is 1. The molecule has 5 rings (SSSR count). The number of anilines is 3. The van der Waals surface area contributed by atoms with Gasteiger partial charge in [-0.15, -0.1) is 11.3 Å². The maximum atomic E-state index is 10.5. The summed E-state index contributed by atoms with van der Waals surface area (Å²) >= 11 is 1.51. The first-order valence-electron chi connectivity index (χ1n) is 10.5. The fraction of sp³-hybridized carbons (Fsp3) is 0.261. The molecule has 0 aliphatic heterocycles. The predicted octanol–water partition coefficient (Wildman–Crippen LogP) is 2.72. The van der Waals surface area contributed by atoms with Crippen molar-refractivity contribution in [1.82, 2.24) is 15.0 Å². The zero-order valence-electron chi connectivity index (χ0n) is 17.5. The molecular formula is C23H23N5O4S. The number of rotatable bonds is 6. The molecule has 1 aliphatic rings. The van der Waals surface area contributed by atoms with E-state index in [1.807, 2.05) is 24.3 Å². The molecule has 9 nitrogen and oxygen atoms in total. The topological polar surface area (TPSA) is 144 Å². The van der Waals surface area contributed by atoms with Gasteiger partial charge in [0.2, 0.25) is 5.95 Å². The van der Waals surface area contributed by atoms with Crippen LogP contribution in [-0.4, -0.2) is 60.2 Å². The van der Waals surface area contributed by atoms with Gasteiger partial charge in [-0.05, 0) is 42.8 Å². The van der Waals surface area contributed by atoms with Crippen LogP contribution in [0.15, 0.2) is 54.7 Å². The van der Waals surface area contributed by atoms with Gasteiger partial charge < -0.3 is 31.1 Å². The van der Waals surface area contributed by atoms with Crippen LogP contribution in [-0.2, 0) is 0 Å². The molecule has 10 heteroatoms. The normalized spacial score (nSPS) is 22.5. The maximum Gasteiger partial charge on any atom is 0.229 e. The fourth-order valence-electron chi connectivity index (χ4n) is 3.99. The highest BCUT2D eigenvalue weighted by Gasteiger charge is 2.41. The summed E-state index contributed by atoms with van der Waals surface area (Å²) in [6.07, 6.45) is -0.0106. The third-order valence-corrected chi connectivity index (χ3v) is 6.86. The van der Waals surface area contributed by atoms with Gasteiger partial charge in [0.25, 0.3) is 0 Å². The fourth-order valence-corrected chi connectivity index (χ4v) is 4.97. The average molecular weight is 466 g/mol. The van der Waals surface area contributed by atoms with Crippen LogP contribution in [0.25, 0.3) is 20.8 Å². The van der Waals surface area contributed by atoms with Gasteiger partial charge in [0.15, 0.2) is 0 Å². The Kier molecular flexibility index (Phi) is 5.81. The van der Waals surface area contributed by atoms with Crippen molar-refractivity contribution >= 4 is 39.0 Å². The standard InChI is InChI=1S/C23H23N5O4S/c29-11-12-9-17(20(32)19(12)31)26-21-15(22-27-16-3-1-2-4-18(16)33-22)10-24-23(28-21)25-13-5-7-14(30)8-6-13/h1-8,10,12,17,19-20,29-32H,9,11H2,(H2,24,25,26,28)/t12-,17-,19-,20+/m1/s1. The van der Waals surface area contributed by atoms with E-state index in [1.54, 1.807) is 30.5 Å². The summed E-state index contributed by atoms with van der Waals surface area (Å²) < 4.78 is 1.03. The van der Waals surface area contributed by atoms with Crippen LogP contribution in [0.4, 0.5) is 17.5 Å². The summed E-state index contributed by atoms with van der Waals surface area (Å²) in [6.45, 7) is -0.210. The van der Waals surface area contributed by atoms with Crippen molar-refractivity contribution in [3.63, 3.8) is 0 Å². The van der Waals surface area contributed by atoms with Gasteiger partial charge in [0, 0.05) is 24.4 Å². The number of para-hydroxylation sites is 1. The molecule has 1 fully saturated rings. The molecule has 4 atom stereocenters. The highest BCUT2D eigenvalue weighted by molar-refractivity contribution is 7.21. The number of nitrogens with one attached hydrogen (secondary N) is 2. The summed E-state index contributed by atoms with van der Waals surface area (Å²) in [5.74, 6) is 0.516. The van der Waals surface area contributed by atoms with Crippen LogP contribution in [0.3, 0.4) is 0 Å². The molecule has 170 valence electrons. The molecule has 2 heterocycles. The van der Waals surface area contributed by atoms with Crippen LogP contribution in [0.1, 0.15) is 6.42 Å². The molecule has 0 spiro atoms. The summed E-state index contributed by atoms with van der Waals surface area (Å²) in [5.41, 5.74) is 2.23. The minimum Gasteiger partial charge on any atom is -0.508 e. The molecule has 0 saturated heterocycles. The lowest BCUT2D eigenvalue weighted by molar-refractivity contribution is 0.00446. The zero-order valence-corrected chi connectivity index (χ0v) is 18.3. The number of fused-ring (bicyclic) bond motifs is 1. The molecule has 1 aliphatic carbocycles. The highest BCUT2D eigenvalue weighted by Crippen LogP contribution is 2.36. The van der Waals surface area contributed by atoms with Crippen molar-refractivity contribution in [1.29, 1.82) is 0 Å². The molecule has 0 amide bonds. The van der Waals surface area contributed by atoms with Crippen molar-refractivity contribution in [3.8, 4) is 16.3 Å². The molecule has 4 aromatic rings. The summed E-state index contributed by atoms with van der Waals surface area (Å²) in [6, 6.07) is 13.8. The van der Waals surface area contributed by atoms with E-state index in [-0.39, 0.29) is 12.4 Å². The smallest absolute Gasteiger partial charge is 0.229 e. The molecule has 2 aromatic carbocycles. The van der Waals surface area contributed by atoms with Crippen LogP contribution in [0, 0.1) is 5.92 Å². The average Bonchev–Trinajstić information content (AvgIpc) is 3.37. The van der Waals surface area contributed by atoms with E-state index in [0.717, 1.165) is 15.2 Å². The summed E-state index contributed by atoms with van der Waals surface area (Å²) in [7, 11) is 0. The van der Waals surface area contributed by atoms with Crippen LogP contribution in [0.2, 0.25) is 0 Å². The number of aromatic nitrogens is 3. The quantitative estimate of drug-likeness (QED) is 0.237. The Balaban J connectivity index is 1.51. The van der Waals surface area contributed by atoms with Crippen molar-refractivity contribution in [2.24, 2.45) is 5.92 Å². The molecule has 2 aromatic heterocycles. The molecule has 0 bridgehead atoms. The lowest BCUT2D eigenvalue weighted by atomic mass is 10.1. The van der Waals surface area contributed by atoms with Gasteiger partial charge in [0.05, 0.1) is 27.9 Å². The third-order valence-electron chi connectivity index (χ3n) is 5.79. The first kappa shape index (κ1) is 21.5. The van der Waals surface area contributed by atoms with Crippen molar-refractivity contribution in [2.75, 3.05) is 17.2 Å². The Hall–Kier alpha value is -3.31. The monoisotopic (exact) mass is 465 g/mol. The number of hydrogen-bond donors (Lipinski definition) is 6. The Morgan fingerprint density at radius 1 is 1.00 bits per heavy atom. The van der Waals surface area contributed by atoms with E-state index in [0.29, 0.717) is 29.4 Å². The molecule has 0 unspecified atom stereocenters. The Labute approximate surface area is 193 Å². The van der Waals surface area contributed by atoms with Gasteiger partial charge in [-0.3, -0.25) is 0 Å². The first-order valence-corrected chi connectivity index (χ1v) is 11.4. The minimum atomic E-state index is -1.05. The van der Waals surface area contributed by atoms with Crippen LogP contribution >= 0.6 is 11.3 Å². The van der Waals surface area contributed by atoms with Crippen molar-refractivity contribution in [3.05, 3.63) is 54.7 Å². The Bertz CT molecular complexity index is 1230. The lowest BCUT2D eigenvalue weighted by Gasteiger charge is -2.20. The van der Waals surface area contributed by atoms with Gasteiger partial charge in [-0.25, -0.2) is 9.97 Å². The third kappa shape index (κ3) is 4.33. The highest BCUT2D eigenvalue weighted by atomic mass is 32.1.